The quantitative estimate of drug-likeness (QED) is 0.305. The van der Waals surface area contributed by atoms with Gasteiger partial charge in [-0.25, -0.2) is 26.3 Å². The maximum Gasteiger partial charge on any atom is 0.437 e. The van der Waals surface area contributed by atoms with Crippen LogP contribution in [0.1, 0.15) is 5.56 Å². The summed E-state index contributed by atoms with van der Waals surface area (Å²) in [4.78, 5) is 0. The van der Waals surface area contributed by atoms with Crippen molar-refractivity contribution in [1.29, 1.82) is 0 Å². The zero-order valence-corrected chi connectivity index (χ0v) is 9.37. The Labute approximate surface area is 102 Å². The van der Waals surface area contributed by atoms with Gasteiger partial charge in [0.15, 0.2) is 23.3 Å². The van der Waals surface area contributed by atoms with Gasteiger partial charge in [-0.2, -0.15) is 13.2 Å². The van der Waals surface area contributed by atoms with Gasteiger partial charge in [0, 0.05) is 0 Å². The van der Waals surface area contributed by atoms with Crippen LogP contribution in [0.25, 0.3) is 0 Å². The summed E-state index contributed by atoms with van der Waals surface area (Å²) in [6, 6.07) is 0. The minimum atomic E-state index is -5.93. The smallest absolute Gasteiger partial charge is 0.216 e. The molecule has 0 radical (unpaired) electrons. The molecule has 0 heterocycles. The molecule has 0 saturated carbocycles. The van der Waals surface area contributed by atoms with Crippen LogP contribution in [-0.2, 0) is 4.58 Å². The van der Waals surface area contributed by atoms with Crippen molar-refractivity contribution < 1.29 is 39.5 Å². The minimum Gasteiger partial charge on any atom is -0.216 e. The number of halogens is 10. The summed E-state index contributed by atoms with van der Waals surface area (Å²) in [6.45, 7) is 0. The van der Waals surface area contributed by atoms with E-state index >= 15 is 0 Å². The first-order valence-corrected chi connectivity index (χ1v) is 4.68. The largest absolute Gasteiger partial charge is 0.437 e. The summed E-state index contributed by atoms with van der Waals surface area (Å²) in [7, 11) is 0. The van der Waals surface area contributed by atoms with Crippen LogP contribution in [-0.4, -0.2) is 6.18 Å². The van der Waals surface area contributed by atoms with E-state index in [2.05, 4.69) is 0 Å². The molecule has 1 rings (SSSR count). The maximum absolute atomic E-state index is 13.2. The number of benzene rings is 1. The zero-order valence-electron chi connectivity index (χ0n) is 7.78. The van der Waals surface area contributed by atoms with Crippen LogP contribution >= 0.6 is 15.9 Å². The first kappa shape index (κ1) is 15.1. The molecule has 0 saturated heterocycles. The van der Waals surface area contributed by atoms with Crippen LogP contribution in [0.2, 0.25) is 0 Å². The first-order chi connectivity index (χ1) is 7.93. The Bertz CT molecular complexity index is 461. The van der Waals surface area contributed by atoms with Crippen molar-refractivity contribution in [2.45, 2.75) is 10.8 Å². The van der Waals surface area contributed by atoms with Crippen molar-refractivity contribution in [1.82, 2.24) is 0 Å². The van der Waals surface area contributed by atoms with E-state index in [0.717, 1.165) is 0 Å². The van der Waals surface area contributed by atoms with E-state index in [1.54, 1.807) is 0 Å². The second kappa shape index (κ2) is 4.32. The van der Waals surface area contributed by atoms with Gasteiger partial charge < -0.3 is 0 Å². The van der Waals surface area contributed by atoms with Crippen LogP contribution in [0.15, 0.2) is 0 Å². The predicted octanol–water partition coefficient (Wildman–Crippen LogP) is 4.46. The fourth-order valence-electron chi connectivity index (χ4n) is 1.02. The van der Waals surface area contributed by atoms with E-state index < -0.39 is 45.4 Å². The molecule has 0 N–H and O–H groups in total. The molecular formula is C8BrF9. The van der Waals surface area contributed by atoms with Gasteiger partial charge in [0.25, 0.3) is 4.58 Å². The molecule has 0 aliphatic carbocycles. The van der Waals surface area contributed by atoms with Crippen LogP contribution in [0.4, 0.5) is 39.5 Å². The predicted molar refractivity (Wildman–Crippen MR) is 44.0 cm³/mol. The molecule has 0 aliphatic rings. The second-order valence-electron chi connectivity index (χ2n) is 3.02. The van der Waals surface area contributed by atoms with E-state index in [4.69, 9.17) is 0 Å². The molecule has 0 aromatic heterocycles. The van der Waals surface area contributed by atoms with Gasteiger partial charge in [-0.3, -0.25) is 0 Å². The number of hydrogen-bond donors (Lipinski definition) is 0. The fourth-order valence-corrected chi connectivity index (χ4v) is 1.37. The lowest BCUT2D eigenvalue weighted by molar-refractivity contribution is -0.197. The molecular weight excluding hydrogens is 347 g/mol. The van der Waals surface area contributed by atoms with Gasteiger partial charge in [-0.05, 0) is 15.9 Å². The van der Waals surface area contributed by atoms with Gasteiger partial charge in [-0.1, -0.05) is 0 Å². The third-order valence-electron chi connectivity index (χ3n) is 1.88. The highest BCUT2D eigenvalue weighted by atomic mass is 79.9. The normalized spacial score (nSPS) is 15.7. The van der Waals surface area contributed by atoms with Gasteiger partial charge >= 0.3 is 6.18 Å². The third kappa shape index (κ3) is 2.06. The molecule has 18 heavy (non-hydrogen) atoms. The van der Waals surface area contributed by atoms with Gasteiger partial charge in [0.2, 0.25) is 5.82 Å². The molecule has 1 unspecified atom stereocenters. The van der Waals surface area contributed by atoms with Crippen molar-refractivity contribution in [3.05, 3.63) is 34.6 Å². The lowest BCUT2D eigenvalue weighted by Crippen LogP contribution is -2.35. The highest BCUT2D eigenvalue weighted by Crippen LogP contribution is 2.50. The second-order valence-corrected chi connectivity index (χ2v) is 4.11. The Kier molecular flexibility index (Phi) is 3.63. The molecule has 0 nitrogen and oxygen atoms in total. The zero-order chi connectivity index (χ0) is 14.5. The molecule has 102 valence electrons. The topological polar surface area (TPSA) is 0 Å². The molecule has 0 fully saturated rings. The summed E-state index contributed by atoms with van der Waals surface area (Å²) >= 11 is 1.28. The van der Waals surface area contributed by atoms with Crippen molar-refractivity contribution in [2.75, 3.05) is 0 Å². The monoisotopic (exact) mass is 346 g/mol. The number of rotatable bonds is 1. The first-order valence-electron chi connectivity index (χ1n) is 3.89. The molecule has 0 bridgehead atoms. The third-order valence-corrected chi connectivity index (χ3v) is 2.73. The Morgan fingerprint density at radius 2 is 0.889 bits per heavy atom. The number of hydrogen-bond acceptors (Lipinski definition) is 0. The Balaban J connectivity index is 3.72. The van der Waals surface area contributed by atoms with Crippen molar-refractivity contribution in [3.63, 3.8) is 0 Å². The fraction of sp³-hybridized carbons (Fsp3) is 0.250. The molecule has 0 aliphatic heterocycles. The highest BCUT2D eigenvalue weighted by molar-refractivity contribution is 9.09. The Morgan fingerprint density at radius 1 is 0.611 bits per heavy atom. The van der Waals surface area contributed by atoms with Gasteiger partial charge in [0.05, 0.1) is 5.56 Å². The summed E-state index contributed by atoms with van der Waals surface area (Å²) < 4.78 is 108. The van der Waals surface area contributed by atoms with Crippen LogP contribution in [0.3, 0.4) is 0 Å². The SMILES string of the molecule is Fc1c(F)c(F)c(C(F)(Br)C(F)(F)F)c(F)c1F. The lowest BCUT2D eigenvalue weighted by Gasteiger charge is -2.23. The van der Waals surface area contributed by atoms with Gasteiger partial charge in [-0.15, -0.1) is 0 Å². The van der Waals surface area contributed by atoms with Crippen molar-refractivity contribution >= 4 is 15.9 Å². The summed E-state index contributed by atoms with van der Waals surface area (Å²) in [5.41, 5.74) is -2.65. The molecule has 1 aromatic rings. The standard InChI is InChI=1S/C8BrF9/c9-7(15,8(16,17)18)1-2(10)4(12)6(14)5(13)3(1)11. The summed E-state index contributed by atoms with van der Waals surface area (Å²) in [5, 5.41) is 0. The highest BCUT2D eigenvalue weighted by Gasteiger charge is 2.59. The molecule has 0 spiro atoms. The van der Waals surface area contributed by atoms with E-state index in [0.29, 0.717) is 0 Å². The lowest BCUT2D eigenvalue weighted by atomic mass is 10.1. The van der Waals surface area contributed by atoms with Crippen LogP contribution in [0.5, 0.6) is 0 Å². The van der Waals surface area contributed by atoms with Gasteiger partial charge in [0.1, 0.15) is 0 Å². The van der Waals surface area contributed by atoms with E-state index in [-0.39, 0.29) is 0 Å². The van der Waals surface area contributed by atoms with Crippen molar-refractivity contribution in [3.8, 4) is 0 Å². The average Bonchev–Trinajstić information content (AvgIpc) is 2.22. The van der Waals surface area contributed by atoms with Crippen LogP contribution < -0.4 is 0 Å². The average molecular weight is 347 g/mol. The maximum atomic E-state index is 13.2. The van der Waals surface area contributed by atoms with E-state index in [9.17, 15) is 39.5 Å². The molecule has 1 aromatic carbocycles. The summed E-state index contributed by atoms with van der Waals surface area (Å²) in [6.07, 6.45) is -5.93. The van der Waals surface area contributed by atoms with Crippen LogP contribution in [0, 0.1) is 29.1 Å². The Hall–Kier alpha value is -0.930. The van der Waals surface area contributed by atoms with Crippen molar-refractivity contribution in [2.24, 2.45) is 0 Å². The summed E-state index contributed by atoms with van der Waals surface area (Å²) in [5.74, 6) is -13.8. The Morgan fingerprint density at radius 3 is 1.17 bits per heavy atom. The molecule has 0 amide bonds. The minimum absolute atomic E-state index is 1.28. The van der Waals surface area contributed by atoms with E-state index in [1.165, 1.54) is 15.9 Å². The van der Waals surface area contributed by atoms with E-state index in [1.807, 2.05) is 0 Å². The number of alkyl halides is 5. The molecule has 10 heteroatoms. The molecule has 1 atom stereocenters.